The first-order valence-corrected chi connectivity index (χ1v) is 8.87. The molecule has 0 unspecified atom stereocenters. The monoisotopic (exact) mass is 371 g/mol. The minimum absolute atomic E-state index is 0.271. The van der Waals surface area contributed by atoms with Crippen LogP contribution in [0.5, 0.6) is 0 Å². The fraction of sp³-hybridized carbons (Fsp3) is 0.300. The molecule has 1 saturated carbocycles. The van der Waals surface area contributed by atoms with Crippen molar-refractivity contribution in [2.24, 2.45) is 5.41 Å². The Balaban J connectivity index is 1.70. The molecule has 1 aliphatic rings. The maximum absolute atomic E-state index is 12.7. The molecule has 0 atom stereocenters. The summed E-state index contributed by atoms with van der Waals surface area (Å²) in [4.78, 5) is 27.4. The van der Waals surface area contributed by atoms with Gasteiger partial charge in [0.15, 0.2) is 0 Å². The third kappa shape index (κ3) is 3.53. The predicted molar refractivity (Wildman–Crippen MR) is 106 cm³/mol. The van der Waals surface area contributed by atoms with Gasteiger partial charge in [-0.1, -0.05) is 17.7 Å². The summed E-state index contributed by atoms with van der Waals surface area (Å²) in [6.07, 6.45) is 1.08. The summed E-state index contributed by atoms with van der Waals surface area (Å²) < 4.78 is 0. The Morgan fingerprint density at radius 1 is 1.00 bits per heavy atom. The molecule has 2 N–H and O–H groups in total. The Hall–Kier alpha value is -2.53. The van der Waals surface area contributed by atoms with E-state index in [1.165, 1.54) is 0 Å². The van der Waals surface area contributed by atoms with Gasteiger partial charge in [-0.2, -0.15) is 0 Å². The number of anilines is 3. The Morgan fingerprint density at radius 3 is 2.19 bits per heavy atom. The number of carbonyl (C=O) groups is 2. The lowest BCUT2D eigenvalue weighted by Gasteiger charge is -2.17. The van der Waals surface area contributed by atoms with Crippen LogP contribution in [-0.4, -0.2) is 25.9 Å². The molecule has 5 nitrogen and oxygen atoms in total. The van der Waals surface area contributed by atoms with E-state index >= 15 is 0 Å². The van der Waals surface area contributed by atoms with Crippen LogP contribution in [0, 0.1) is 12.3 Å². The van der Waals surface area contributed by atoms with Crippen molar-refractivity contribution >= 4 is 40.5 Å². The zero-order chi connectivity index (χ0) is 18.9. The number of carbonyl (C=O) groups excluding carboxylic acids is 2. The van der Waals surface area contributed by atoms with Gasteiger partial charge in [-0.3, -0.25) is 9.59 Å². The summed E-state index contributed by atoms with van der Waals surface area (Å²) in [5.41, 5.74) is 2.14. The number of nitrogens with zero attached hydrogens (tertiary/aromatic N) is 1. The van der Waals surface area contributed by atoms with Gasteiger partial charge >= 0.3 is 0 Å². The van der Waals surface area contributed by atoms with Crippen molar-refractivity contribution in [3.63, 3.8) is 0 Å². The maximum atomic E-state index is 12.7. The zero-order valence-electron chi connectivity index (χ0n) is 15.1. The van der Waals surface area contributed by atoms with Crippen molar-refractivity contribution in [2.75, 3.05) is 29.6 Å². The molecule has 3 rings (SSSR count). The smallest absolute Gasteiger partial charge is 0.240 e. The van der Waals surface area contributed by atoms with E-state index in [4.69, 9.17) is 11.6 Å². The van der Waals surface area contributed by atoms with Crippen molar-refractivity contribution < 1.29 is 9.59 Å². The summed E-state index contributed by atoms with van der Waals surface area (Å²) in [5.74, 6) is -0.558. The van der Waals surface area contributed by atoms with Crippen molar-refractivity contribution in [1.29, 1.82) is 0 Å². The Morgan fingerprint density at radius 2 is 1.62 bits per heavy atom. The van der Waals surface area contributed by atoms with Crippen molar-refractivity contribution in [2.45, 2.75) is 19.8 Å². The van der Waals surface area contributed by atoms with Crippen LogP contribution in [-0.2, 0) is 9.59 Å². The second-order valence-corrected chi connectivity index (χ2v) is 7.25. The highest BCUT2D eigenvalue weighted by Crippen LogP contribution is 2.47. The molecular formula is C20H22ClN3O2. The fourth-order valence-corrected chi connectivity index (χ4v) is 2.94. The molecular weight excluding hydrogens is 350 g/mol. The van der Waals surface area contributed by atoms with E-state index in [9.17, 15) is 9.59 Å². The minimum Gasteiger partial charge on any atom is -0.378 e. The van der Waals surface area contributed by atoms with Crippen LogP contribution in [0.1, 0.15) is 18.4 Å². The van der Waals surface area contributed by atoms with Crippen LogP contribution in [0.3, 0.4) is 0 Å². The van der Waals surface area contributed by atoms with Crippen LogP contribution in [0.2, 0.25) is 5.02 Å². The highest BCUT2D eigenvalue weighted by atomic mass is 35.5. The average Bonchev–Trinajstić information content (AvgIpc) is 3.41. The molecule has 0 radical (unpaired) electrons. The standard InChI is InChI=1S/C20H22ClN3O2/c1-13-16(21)5-4-6-17(13)23-19(26)20(11-12-20)18(25)22-14-7-9-15(10-8-14)24(2)3/h4-10H,11-12H2,1-3H3,(H,22,25)(H,23,26). The van der Waals surface area contributed by atoms with Crippen LogP contribution < -0.4 is 15.5 Å². The van der Waals surface area contributed by atoms with E-state index in [1.54, 1.807) is 18.2 Å². The largest absolute Gasteiger partial charge is 0.378 e. The molecule has 2 aromatic carbocycles. The van der Waals surface area contributed by atoms with Crippen molar-refractivity contribution in [3.05, 3.63) is 53.1 Å². The Labute approximate surface area is 158 Å². The lowest BCUT2D eigenvalue weighted by Crippen LogP contribution is -2.35. The van der Waals surface area contributed by atoms with E-state index < -0.39 is 5.41 Å². The Kier molecular flexibility index (Phi) is 4.92. The zero-order valence-corrected chi connectivity index (χ0v) is 15.9. The number of amides is 2. The molecule has 0 bridgehead atoms. The van der Waals surface area contributed by atoms with Gasteiger partial charge in [-0.25, -0.2) is 0 Å². The van der Waals surface area contributed by atoms with Gasteiger partial charge in [0.1, 0.15) is 5.41 Å². The summed E-state index contributed by atoms with van der Waals surface area (Å²) in [5, 5.41) is 6.29. The van der Waals surface area contributed by atoms with E-state index in [0.717, 1.165) is 11.3 Å². The lowest BCUT2D eigenvalue weighted by atomic mass is 10.0. The second-order valence-electron chi connectivity index (χ2n) is 6.84. The van der Waals surface area contributed by atoms with Crippen molar-refractivity contribution in [3.8, 4) is 0 Å². The molecule has 0 aliphatic heterocycles. The van der Waals surface area contributed by atoms with E-state index in [-0.39, 0.29) is 11.8 Å². The number of rotatable bonds is 5. The van der Waals surface area contributed by atoms with E-state index in [1.807, 2.05) is 50.2 Å². The first-order chi connectivity index (χ1) is 12.3. The number of hydrogen-bond donors (Lipinski definition) is 2. The molecule has 0 heterocycles. The SMILES string of the molecule is Cc1c(Cl)cccc1NC(=O)C1(C(=O)Nc2ccc(N(C)C)cc2)CC1. The first kappa shape index (κ1) is 18.3. The van der Waals surface area contributed by atoms with Gasteiger partial charge < -0.3 is 15.5 Å². The highest BCUT2D eigenvalue weighted by molar-refractivity contribution is 6.31. The molecule has 136 valence electrons. The molecule has 2 amide bonds. The van der Waals surface area contributed by atoms with Crippen LogP contribution in [0.15, 0.2) is 42.5 Å². The quantitative estimate of drug-likeness (QED) is 0.779. The average molecular weight is 372 g/mol. The van der Waals surface area contributed by atoms with Crippen LogP contribution in [0.4, 0.5) is 17.1 Å². The lowest BCUT2D eigenvalue weighted by molar-refractivity contribution is -0.131. The number of hydrogen-bond acceptors (Lipinski definition) is 3. The van der Waals surface area contributed by atoms with Crippen LogP contribution in [0.25, 0.3) is 0 Å². The van der Waals surface area contributed by atoms with Gasteiger partial charge in [-0.05, 0) is 61.7 Å². The Bertz CT molecular complexity index is 843. The van der Waals surface area contributed by atoms with Gasteiger partial charge in [0.2, 0.25) is 11.8 Å². The number of benzene rings is 2. The topological polar surface area (TPSA) is 61.4 Å². The highest BCUT2D eigenvalue weighted by Gasteiger charge is 2.56. The van der Waals surface area contributed by atoms with Crippen LogP contribution >= 0.6 is 11.6 Å². The summed E-state index contributed by atoms with van der Waals surface area (Å²) in [6, 6.07) is 12.8. The normalized spacial score (nSPS) is 14.5. The van der Waals surface area contributed by atoms with E-state index in [2.05, 4.69) is 10.6 Å². The molecule has 6 heteroatoms. The minimum atomic E-state index is -1.00. The van der Waals surface area contributed by atoms with Gasteiger partial charge in [0, 0.05) is 36.2 Å². The van der Waals surface area contributed by atoms with E-state index in [0.29, 0.717) is 29.2 Å². The third-order valence-electron chi connectivity index (χ3n) is 4.78. The number of halogens is 1. The number of nitrogens with one attached hydrogen (secondary N) is 2. The molecule has 0 aromatic heterocycles. The molecule has 1 fully saturated rings. The third-order valence-corrected chi connectivity index (χ3v) is 5.19. The fourth-order valence-electron chi connectivity index (χ4n) is 2.76. The summed E-state index contributed by atoms with van der Waals surface area (Å²) >= 11 is 6.10. The summed E-state index contributed by atoms with van der Waals surface area (Å²) in [6.45, 7) is 1.84. The maximum Gasteiger partial charge on any atom is 0.240 e. The first-order valence-electron chi connectivity index (χ1n) is 8.49. The van der Waals surface area contributed by atoms with Gasteiger partial charge in [0.25, 0.3) is 0 Å². The van der Waals surface area contributed by atoms with Gasteiger partial charge in [-0.15, -0.1) is 0 Å². The van der Waals surface area contributed by atoms with Crippen molar-refractivity contribution in [1.82, 2.24) is 0 Å². The summed E-state index contributed by atoms with van der Waals surface area (Å²) in [7, 11) is 3.91. The molecule has 0 spiro atoms. The molecule has 26 heavy (non-hydrogen) atoms. The molecule has 0 saturated heterocycles. The molecule has 2 aromatic rings. The second kappa shape index (κ2) is 7.00. The molecule has 1 aliphatic carbocycles. The predicted octanol–water partition coefficient (Wildman–Crippen LogP) is 4.07. The van der Waals surface area contributed by atoms with Gasteiger partial charge in [0.05, 0.1) is 0 Å².